The number of primary amides is 1. The van der Waals surface area contributed by atoms with Crippen LogP contribution in [-0.2, 0) is 0 Å². The summed E-state index contributed by atoms with van der Waals surface area (Å²) in [7, 11) is 0. The highest BCUT2D eigenvalue weighted by molar-refractivity contribution is 6.28. The third-order valence-electron chi connectivity index (χ3n) is 3.30. The van der Waals surface area contributed by atoms with Crippen molar-refractivity contribution in [1.82, 2.24) is 24.7 Å². The highest BCUT2D eigenvalue weighted by Gasteiger charge is 2.17. The van der Waals surface area contributed by atoms with Crippen LogP contribution in [0.5, 0.6) is 0 Å². The Morgan fingerprint density at radius 1 is 1.14 bits per heavy atom. The minimum atomic E-state index is -0.558. The number of nitrogens with two attached hydrogens (primary N) is 1. The molecule has 0 aliphatic carbocycles. The molecule has 9 heteroatoms. The van der Waals surface area contributed by atoms with E-state index in [1.54, 1.807) is 0 Å². The van der Waals surface area contributed by atoms with Crippen LogP contribution in [0.2, 0.25) is 5.28 Å². The summed E-state index contributed by atoms with van der Waals surface area (Å²) in [5.41, 5.74) is 5.49. The fourth-order valence-electron chi connectivity index (χ4n) is 2.23. The van der Waals surface area contributed by atoms with Gasteiger partial charge in [0.25, 0.3) is 11.9 Å². The lowest BCUT2D eigenvalue weighted by atomic mass is 10.1. The summed E-state index contributed by atoms with van der Waals surface area (Å²) >= 11 is 5.97. The van der Waals surface area contributed by atoms with E-state index in [2.05, 4.69) is 25.0 Å². The number of carbonyl (C=O) groups is 1. The van der Waals surface area contributed by atoms with Crippen LogP contribution in [0.1, 0.15) is 29.6 Å². The number of nitrogens with zero attached hydrogens (tertiary/aromatic N) is 6. The van der Waals surface area contributed by atoms with E-state index in [9.17, 15) is 4.79 Å². The Morgan fingerprint density at radius 3 is 2.52 bits per heavy atom. The van der Waals surface area contributed by atoms with Gasteiger partial charge in [0.05, 0.1) is 11.8 Å². The normalized spacial score (nSPS) is 15.2. The highest BCUT2D eigenvalue weighted by Crippen LogP contribution is 2.18. The van der Waals surface area contributed by atoms with Crippen LogP contribution in [0, 0.1) is 0 Å². The first-order valence-corrected chi connectivity index (χ1v) is 7.02. The predicted octanol–water partition coefficient (Wildman–Crippen LogP) is 0.800. The number of piperidine rings is 1. The van der Waals surface area contributed by atoms with Crippen LogP contribution in [-0.4, -0.2) is 43.7 Å². The molecular weight excluding hydrogens is 294 g/mol. The van der Waals surface area contributed by atoms with Gasteiger partial charge in [0.15, 0.2) is 0 Å². The molecule has 110 valence electrons. The van der Waals surface area contributed by atoms with E-state index in [1.807, 2.05) is 0 Å². The third-order valence-corrected chi connectivity index (χ3v) is 3.46. The molecule has 0 unspecified atom stereocenters. The summed E-state index contributed by atoms with van der Waals surface area (Å²) < 4.78 is 1.36. The lowest BCUT2D eigenvalue weighted by molar-refractivity contribution is 0.100. The molecular formula is C12H14ClN7O. The molecule has 1 aliphatic heterocycles. The number of carbonyl (C=O) groups excluding carboxylic acids is 1. The van der Waals surface area contributed by atoms with Gasteiger partial charge in [-0.3, -0.25) is 4.79 Å². The second-order valence-electron chi connectivity index (χ2n) is 4.79. The molecule has 8 nitrogen and oxygen atoms in total. The maximum absolute atomic E-state index is 11.1. The number of anilines is 1. The van der Waals surface area contributed by atoms with Crippen molar-refractivity contribution in [3.05, 3.63) is 23.2 Å². The second kappa shape index (κ2) is 5.65. The molecule has 1 fully saturated rings. The minimum absolute atomic E-state index is 0.0942. The van der Waals surface area contributed by atoms with Gasteiger partial charge in [-0.25, -0.2) is 4.68 Å². The molecule has 0 saturated carbocycles. The quantitative estimate of drug-likeness (QED) is 0.899. The van der Waals surface area contributed by atoms with E-state index < -0.39 is 5.91 Å². The van der Waals surface area contributed by atoms with Crippen LogP contribution < -0.4 is 10.6 Å². The fraction of sp³-hybridized carbons (Fsp3) is 0.417. The molecule has 2 N–H and O–H groups in total. The fourth-order valence-corrected chi connectivity index (χ4v) is 2.38. The molecule has 0 radical (unpaired) electrons. The molecule has 0 atom stereocenters. The largest absolute Gasteiger partial charge is 0.366 e. The Balaban J connectivity index is 1.94. The van der Waals surface area contributed by atoms with E-state index in [1.165, 1.54) is 23.5 Å². The predicted molar refractivity (Wildman–Crippen MR) is 76.5 cm³/mol. The van der Waals surface area contributed by atoms with E-state index in [0.717, 1.165) is 25.9 Å². The topological polar surface area (TPSA) is 103 Å². The summed E-state index contributed by atoms with van der Waals surface area (Å²) in [5.74, 6) is 0.238. The van der Waals surface area contributed by atoms with E-state index >= 15 is 0 Å². The van der Waals surface area contributed by atoms with Crippen molar-refractivity contribution >= 4 is 23.5 Å². The van der Waals surface area contributed by atoms with Gasteiger partial charge in [0.2, 0.25) is 11.2 Å². The molecule has 2 aromatic rings. The molecule has 1 saturated heterocycles. The van der Waals surface area contributed by atoms with Crippen LogP contribution in [0.15, 0.2) is 12.4 Å². The number of hydrogen-bond donors (Lipinski definition) is 1. The van der Waals surface area contributed by atoms with E-state index in [-0.39, 0.29) is 16.8 Å². The summed E-state index contributed by atoms with van der Waals surface area (Å²) in [6, 6.07) is 0. The van der Waals surface area contributed by atoms with Gasteiger partial charge in [0.1, 0.15) is 0 Å². The zero-order chi connectivity index (χ0) is 14.8. The van der Waals surface area contributed by atoms with Crippen molar-refractivity contribution in [2.75, 3.05) is 18.0 Å². The molecule has 0 bridgehead atoms. The van der Waals surface area contributed by atoms with Crippen molar-refractivity contribution in [2.45, 2.75) is 19.3 Å². The zero-order valence-electron chi connectivity index (χ0n) is 11.2. The van der Waals surface area contributed by atoms with Crippen molar-refractivity contribution in [3.63, 3.8) is 0 Å². The molecule has 3 rings (SSSR count). The van der Waals surface area contributed by atoms with Gasteiger partial charge in [-0.2, -0.15) is 20.1 Å². The molecule has 3 heterocycles. The highest BCUT2D eigenvalue weighted by atomic mass is 35.5. The summed E-state index contributed by atoms with van der Waals surface area (Å²) in [4.78, 5) is 25.7. The molecule has 0 aromatic carbocycles. The Morgan fingerprint density at radius 2 is 1.86 bits per heavy atom. The van der Waals surface area contributed by atoms with Gasteiger partial charge in [0, 0.05) is 19.3 Å². The average Bonchev–Trinajstić information content (AvgIpc) is 2.98. The van der Waals surface area contributed by atoms with Crippen LogP contribution in [0.4, 0.5) is 5.95 Å². The van der Waals surface area contributed by atoms with Crippen LogP contribution >= 0.6 is 11.6 Å². The van der Waals surface area contributed by atoms with Crippen LogP contribution in [0.3, 0.4) is 0 Å². The Labute approximate surface area is 126 Å². The molecule has 1 aliphatic rings. The Bertz CT molecular complexity index is 665. The first-order valence-electron chi connectivity index (χ1n) is 6.65. The number of amides is 1. The van der Waals surface area contributed by atoms with Crippen molar-refractivity contribution in [3.8, 4) is 5.95 Å². The lowest BCUT2D eigenvalue weighted by Crippen LogP contribution is -2.31. The maximum atomic E-state index is 11.1. The standard InChI is InChI=1S/C12H14ClN7O/c13-10-16-11(19-4-2-1-3-5-19)18-12(17-10)20-7-8(6-15-20)9(14)21/h6-7H,1-5H2,(H2,14,21). The summed E-state index contributed by atoms with van der Waals surface area (Å²) in [6.07, 6.45) is 6.25. The van der Waals surface area contributed by atoms with Crippen molar-refractivity contribution in [2.24, 2.45) is 5.73 Å². The number of rotatable bonds is 3. The average molecular weight is 308 g/mol. The second-order valence-corrected chi connectivity index (χ2v) is 5.13. The monoisotopic (exact) mass is 307 g/mol. The number of aromatic nitrogens is 5. The van der Waals surface area contributed by atoms with Crippen LogP contribution in [0.25, 0.3) is 5.95 Å². The first kappa shape index (κ1) is 13.7. The first-order chi connectivity index (χ1) is 10.1. The molecule has 0 spiro atoms. The number of hydrogen-bond acceptors (Lipinski definition) is 6. The molecule has 1 amide bonds. The van der Waals surface area contributed by atoms with Gasteiger partial charge in [-0.05, 0) is 30.9 Å². The Kier molecular flexibility index (Phi) is 3.70. The van der Waals surface area contributed by atoms with Gasteiger partial charge in [-0.1, -0.05) is 0 Å². The Hall–Kier alpha value is -2.22. The number of halogens is 1. The summed E-state index contributed by atoms with van der Waals surface area (Å²) in [6.45, 7) is 1.79. The van der Waals surface area contributed by atoms with E-state index in [0.29, 0.717) is 5.95 Å². The zero-order valence-corrected chi connectivity index (χ0v) is 12.0. The van der Waals surface area contributed by atoms with Crippen molar-refractivity contribution in [1.29, 1.82) is 0 Å². The smallest absolute Gasteiger partial charge is 0.256 e. The SMILES string of the molecule is NC(=O)c1cnn(-c2nc(Cl)nc(N3CCCCC3)n2)c1. The minimum Gasteiger partial charge on any atom is -0.366 e. The van der Waals surface area contributed by atoms with Gasteiger partial charge < -0.3 is 10.6 Å². The lowest BCUT2D eigenvalue weighted by Gasteiger charge is -2.26. The van der Waals surface area contributed by atoms with Crippen molar-refractivity contribution < 1.29 is 4.79 Å². The molecule has 2 aromatic heterocycles. The maximum Gasteiger partial charge on any atom is 0.256 e. The molecule has 21 heavy (non-hydrogen) atoms. The van der Waals surface area contributed by atoms with E-state index in [4.69, 9.17) is 17.3 Å². The summed E-state index contributed by atoms with van der Waals surface area (Å²) in [5, 5.41) is 4.12. The van der Waals surface area contributed by atoms with Gasteiger partial charge >= 0.3 is 0 Å². The van der Waals surface area contributed by atoms with Gasteiger partial charge in [-0.15, -0.1) is 0 Å². The third kappa shape index (κ3) is 2.94.